The first kappa shape index (κ1) is 18.3. The van der Waals surface area contributed by atoms with Crippen molar-refractivity contribution in [3.63, 3.8) is 0 Å². The lowest BCUT2D eigenvalue weighted by molar-refractivity contribution is -0.0227. The monoisotopic (exact) mass is 324 g/mol. The van der Waals surface area contributed by atoms with Gasteiger partial charge in [0, 0.05) is 32.2 Å². The van der Waals surface area contributed by atoms with E-state index in [9.17, 15) is 9.50 Å². The molecule has 1 fully saturated rings. The summed E-state index contributed by atoms with van der Waals surface area (Å²) in [6.07, 6.45) is 1.86. The van der Waals surface area contributed by atoms with Crippen LogP contribution < -0.4 is 5.32 Å². The minimum absolute atomic E-state index is 0.195. The van der Waals surface area contributed by atoms with Gasteiger partial charge in [0.1, 0.15) is 5.82 Å². The Labute approximate surface area is 138 Å². The van der Waals surface area contributed by atoms with Crippen LogP contribution >= 0.6 is 0 Å². The maximum Gasteiger partial charge on any atom is 0.123 e. The predicted molar refractivity (Wildman–Crippen MR) is 90.1 cm³/mol. The lowest BCUT2D eigenvalue weighted by Gasteiger charge is -2.34. The van der Waals surface area contributed by atoms with Crippen molar-refractivity contribution in [2.75, 3.05) is 39.4 Å². The third-order valence-electron chi connectivity index (χ3n) is 4.28. The van der Waals surface area contributed by atoms with E-state index in [1.54, 1.807) is 0 Å². The molecule has 1 aliphatic rings. The van der Waals surface area contributed by atoms with Crippen LogP contribution in [0, 0.1) is 5.82 Å². The van der Waals surface area contributed by atoms with E-state index in [-0.39, 0.29) is 5.82 Å². The molecule has 23 heavy (non-hydrogen) atoms. The molecule has 0 aromatic heterocycles. The van der Waals surface area contributed by atoms with Crippen LogP contribution in [0.2, 0.25) is 0 Å². The van der Waals surface area contributed by atoms with Gasteiger partial charge >= 0.3 is 0 Å². The summed E-state index contributed by atoms with van der Waals surface area (Å²) in [4.78, 5) is 2.24. The highest BCUT2D eigenvalue weighted by atomic mass is 19.1. The molecule has 1 heterocycles. The molecule has 0 saturated carbocycles. The van der Waals surface area contributed by atoms with E-state index in [1.165, 1.54) is 12.1 Å². The van der Waals surface area contributed by atoms with Crippen molar-refractivity contribution >= 4 is 0 Å². The van der Waals surface area contributed by atoms with Crippen LogP contribution in [0.4, 0.5) is 4.39 Å². The van der Waals surface area contributed by atoms with Gasteiger partial charge in [-0.25, -0.2) is 4.39 Å². The molecule has 130 valence electrons. The summed E-state index contributed by atoms with van der Waals surface area (Å²) in [5.74, 6) is -0.195. The van der Waals surface area contributed by atoms with Gasteiger partial charge in [0.25, 0.3) is 0 Å². The Morgan fingerprint density at radius 3 is 2.61 bits per heavy atom. The standard InChI is InChI=1S/C18H29FN2O2/c1-15(3-4-16-5-7-17(19)8-6-16)20-13-18(2,22)14-21-9-11-23-12-10-21/h5-8,15,20,22H,3-4,9-14H2,1-2H3. The first-order valence-electron chi connectivity index (χ1n) is 8.45. The zero-order chi connectivity index (χ0) is 16.7. The number of aryl methyl sites for hydroxylation is 1. The number of nitrogens with one attached hydrogen (secondary N) is 1. The van der Waals surface area contributed by atoms with Crippen LogP contribution in [0.5, 0.6) is 0 Å². The van der Waals surface area contributed by atoms with Gasteiger partial charge in [-0.3, -0.25) is 4.90 Å². The van der Waals surface area contributed by atoms with Gasteiger partial charge in [0.2, 0.25) is 0 Å². The number of nitrogens with zero attached hydrogens (tertiary/aromatic N) is 1. The van der Waals surface area contributed by atoms with Gasteiger partial charge in [-0.05, 0) is 44.4 Å². The first-order chi connectivity index (χ1) is 10.9. The number of ether oxygens (including phenoxy) is 1. The van der Waals surface area contributed by atoms with Crippen molar-refractivity contribution in [3.05, 3.63) is 35.6 Å². The van der Waals surface area contributed by atoms with Crippen molar-refractivity contribution in [3.8, 4) is 0 Å². The molecule has 0 radical (unpaired) electrons. The summed E-state index contributed by atoms with van der Waals surface area (Å²) in [7, 11) is 0. The SMILES string of the molecule is CC(CCc1ccc(F)cc1)NCC(C)(O)CN1CCOCC1. The fourth-order valence-corrected chi connectivity index (χ4v) is 2.83. The van der Waals surface area contributed by atoms with Crippen LogP contribution in [0.3, 0.4) is 0 Å². The second kappa shape index (κ2) is 8.73. The van der Waals surface area contributed by atoms with E-state index in [1.807, 2.05) is 19.1 Å². The van der Waals surface area contributed by atoms with E-state index in [0.29, 0.717) is 19.1 Å². The molecule has 0 bridgehead atoms. The maximum absolute atomic E-state index is 12.9. The van der Waals surface area contributed by atoms with Crippen LogP contribution in [0.1, 0.15) is 25.8 Å². The lowest BCUT2D eigenvalue weighted by atomic mass is 10.0. The fraction of sp³-hybridized carbons (Fsp3) is 0.667. The van der Waals surface area contributed by atoms with Gasteiger partial charge in [-0.15, -0.1) is 0 Å². The summed E-state index contributed by atoms with van der Waals surface area (Å²) < 4.78 is 18.2. The molecule has 0 amide bonds. The van der Waals surface area contributed by atoms with E-state index < -0.39 is 5.60 Å². The highest BCUT2D eigenvalue weighted by Gasteiger charge is 2.25. The Balaban J connectivity index is 1.67. The van der Waals surface area contributed by atoms with Crippen LogP contribution in [0.25, 0.3) is 0 Å². The van der Waals surface area contributed by atoms with Gasteiger partial charge in [0.15, 0.2) is 0 Å². The fourth-order valence-electron chi connectivity index (χ4n) is 2.83. The number of rotatable bonds is 8. The largest absolute Gasteiger partial charge is 0.388 e. The molecular weight excluding hydrogens is 295 g/mol. The molecule has 1 aromatic carbocycles. The number of benzene rings is 1. The quantitative estimate of drug-likeness (QED) is 0.766. The van der Waals surface area contributed by atoms with E-state index in [4.69, 9.17) is 4.74 Å². The van der Waals surface area contributed by atoms with E-state index in [0.717, 1.165) is 44.7 Å². The molecule has 4 nitrogen and oxygen atoms in total. The molecule has 2 atom stereocenters. The molecule has 0 aliphatic carbocycles. The Bertz CT molecular complexity index is 459. The first-order valence-corrected chi connectivity index (χ1v) is 8.45. The highest BCUT2D eigenvalue weighted by molar-refractivity contribution is 5.16. The third-order valence-corrected chi connectivity index (χ3v) is 4.28. The zero-order valence-electron chi connectivity index (χ0n) is 14.2. The number of hydrogen-bond acceptors (Lipinski definition) is 4. The van der Waals surface area contributed by atoms with Crippen molar-refractivity contribution in [1.82, 2.24) is 10.2 Å². The normalized spacial score (nSPS) is 20.2. The summed E-state index contributed by atoms with van der Waals surface area (Å²) >= 11 is 0. The average Bonchev–Trinajstić information content (AvgIpc) is 2.53. The molecular formula is C18H29FN2O2. The van der Waals surface area contributed by atoms with Crippen LogP contribution in [-0.4, -0.2) is 61.0 Å². The second-order valence-electron chi connectivity index (χ2n) is 6.83. The van der Waals surface area contributed by atoms with E-state index in [2.05, 4.69) is 17.1 Å². The van der Waals surface area contributed by atoms with E-state index >= 15 is 0 Å². The molecule has 2 unspecified atom stereocenters. The Morgan fingerprint density at radius 1 is 1.30 bits per heavy atom. The summed E-state index contributed by atoms with van der Waals surface area (Å²) in [6.45, 7) is 8.49. The molecule has 1 aliphatic heterocycles. The molecule has 2 N–H and O–H groups in total. The van der Waals surface area contributed by atoms with Crippen molar-refractivity contribution in [1.29, 1.82) is 0 Å². The average molecular weight is 324 g/mol. The number of hydrogen-bond donors (Lipinski definition) is 2. The molecule has 2 rings (SSSR count). The summed E-state index contributed by atoms with van der Waals surface area (Å²) in [6, 6.07) is 6.96. The second-order valence-corrected chi connectivity index (χ2v) is 6.83. The number of aliphatic hydroxyl groups is 1. The molecule has 0 spiro atoms. The lowest BCUT2D eigenvalue weighted by Crippen LogP contribution is -2.51. The maximum atomic E-state index is 12.9. The summed E-state index contributed by atoms with van der Waals surface area (Å²) in [5.41, 5.74) is 0.390. The van der Waals surface area contributed by atoms with Crippen molar-refractivity contribution in [2.24, 2.45) is 0 Å². The number of morpholine rings is 1. The number of β-amino-alcohol motifs (C(OH)–C–C–N with tert-alkyl or cyclic N) is 1. The van der Waals surface area contributed by atoms with Gasteiger partial charge in [0.05, 0.1) is 18.8 Å². The van der Waals surface area contributed by atoms with Crippen LogP contribution in [0.15, 0.2) is 24.3 Å². The van der Waals surface area contributed by atoms with Crippen molar-refractivity contribution in [2.45, 2.75) is 38.3 Å². The van der Waals surface area contributed by atoms with Gasteiger partial charge < -0.3 is 15.2 Å². The smallest absolute Gasteiger partial charge is 0.123 e. The Kier molecular flexibility index (Phi) is 6.96. The topological polar surface area (TPSA) is 44.7 Å². The van der Waals surface area contributed by atoms with Crippen molar-refractivity contribution < 1.29 is 14.2 Å². The van der Waals surface area contributed by atoms with Crippen LogP contribution in [-0.2, 0) is 11.2 Å². The molecule has 5 heteroatoms. The van der Waals surface area contributed by atoms with Gasteiger partial charge in [-0.2, -0.15) is 0 Å². The Morgan fingerprint density at radius 2 is 1.96 bits per heavy atom. The minimum Gasteiger partial charge on any atom is -0.388 e. The molecule has 1 aromatic rings. The molecule has 1 saturated heterocycles. The van der Waals surface area contributed by atoms with Gasteiger partial charge in [-0.1, -0.05) is 12.1 Å². The summed E-state index contributed by atoms with van der Waals surface area (Å²) in [5, 5.41) is 14.0. The number of halogens is 1. The Hall–Kier alpha value is -1.01. The predicted octanol–water partition coefficient (Wildman–Crippen LogP) is 1.82. The third kappa shape index (κ3) is 6.96. The zero-order valence-corrected chi connectivity index (χ0v) is 14.2. The minimum atomic E-state index is -0.749. The highest BCUT2D eigenvalue weighted by Crippen LogP contribution is 2.10.